The highest BCUT2D eigenvalue weighted by atomic mass is 16.6. The molecule has 0 fully saturated rings. The quantitative estimate of drug-likeness (QED) is 0.346. The molecule has 1 aliphatic heterocycles. The average Bonchev–Trinajstić information content (AvgIpc) is 2.98. The van der Waals surface area contributed by atoms with Gasteiger partial charge < -0.3 is 9.47 Å². The molecule has 1 heterocycles. The molecule has 1 unspecified atom stereocenters. The van der Waals surface area contributed by atoms with Gasteiger partial charge in [-0.15, -0.1) is 0 Å². The molecule has 2 aromatic rings. The van der Waals surface area contributed by atoms with Crippen molar-refractivity contribution in [3.8, 4) is 17.6 Å². The maximum Gasteiger partial charge on any atom is 0.269 e. The largest absolute Gasteiger partial charge is 0.493 e. The van der Waals surface area contributed by atoms with Crippen LogP contribution in [0.4, 0.5) is 5.69 Å². The molecule has 0 bridgehead atoms. The summed E-state index contributed by atoms with van der Waals surface area (Å²) in [5, 5.41) is 20.3. The Kier molecular flexibility index (Phi) is 4.90. The lowest BCUT2D eigenvalue weighted by Gasteiger charge is -2.10. The van der Waals surface area contributed by atoms with Crippen molar-refractivity contribution in [2.75, 3.05) is 6.61 Å². The van der Waals surface area contributed by atoms with E-state index in [4.69, 9.17) is 9.47 Å². The molecule has 1 atom stereocenters. The van der Waals surface area contributed by atoms with Crippen LogP contribution >= 0.6 is 0 Å². The van der Waals surface area contributed by atoms with Crippen LogP contribution in [0.3, 0.4) is 0 Å². The summed E-state index contributed by atoms with van der Waals surface area (Å²) in [5.74, 6) is 1.49. The van der Waals surface area contributed by atoms with Gasteiger partial charge in [-0.2, -0.15) is 5.26 Å². The molecule has 26 heavy (non-hydrogen) atoms. The highest BCUT2D eigenvalue weighted by Crippen LogP contribution is 2.36. The maximum atomic E-state index is 10.8. The van der Waals surface area contributed by atoms with E-state index < -0.39 is 4.92 Å². The molecule has 0 aliphatic carbocycles. The van der Waals surface area contributed by atoms with Gasteiger partial charge >= 0.3 is 0 Å². The molecular formula is C20H18N2O4. The molecule has 6 heteroatoms. The standard InChI is InChI=1S/C20H18N2O4/c1-3-25-19-10-15-8-13(2)26-20(15)11-16(19)9-17(12-21)14-4-6-18(7-5-14)22(23)24/h4-7,9-11,13H,3,8H2,1-2H3/b17-9-. The fraction of sp³-hybridized carbons (Fsp3) is 0.250. The second-order valence-electron chi connectivity index (χ2n) is 6.04. The van der Waals surface area contributed by atoms with Crippen molar-refractivity contribution < 1.29 is 14.4 Å². The average molecular weight is 350 g/mol. The Morgan fingerprint density at radius 1 is 1.42 bits per heavy atom. The van der Waals surface area contributed by atoms with Gasteiger partial charge in [-0.05, 0) is 49.8 Å². The van der Waals surface area contributed by atoms with Crippen LogP contribution in [0, 0.1) is 21.4 Å². The summed E-state index contributed by atoms with van der Waals surface area (Å²) in [4.78, 5) is 10.3. The van der Waals surface area contributed by atoms with Gasteiger partial charge in [-0.3, -0.25) is 10.1 Å². The predicted octanol–water partition coefficient (Wildman–Crippen LogP) is 4.38. The molecule has 0 saturated heterocycles. The Bertz CT molecular complexity index is 911. The molecule has 3 rings (SSSR count). The number of fused-ring (bicyclic) bond motifs is 1. The van der Waals surface area contributed by atoms with Gasteiger partial charge in [0.15, 0.2) is 0 Å². The smallest absolute Gasteiger partial charge is 0.269 e. The first-order valence-electron chi connectivity index (χ1n) is 8.34. The van der Waals surface area contributed by atoms with Gasteiger partial charge in [0.1, 0.15) is 17.6 Å². The Morgan fingerprint density at radius 3 is 2.77 bits per heavy atom. The molecule has 0 saturated carbocycles. The third kappa shape index (κ3) is 3.52. The molecule has 0 radical (unpaired) electrons. The van der Waals surface area contributed by atoms with Gasteiger partial charge in [0.2, 0.25) is 0 Å². The van der Waals surface area contributed by atoms with Gasteiger partial charge in [0.05, 0.1) is 23.2 Å². The van der Waals surface area contributed by atoms with Crippen molar-refractivity contribution in [3.63, 3.8) is 0 Å². The monoisotopic (exact) mass is 350 g/mol. The van der Waals surface area contributed by atoms with E-state index in [0.717, 1.165) is 23.3 Å². The fourth-order valence-electron chi connectivity index (χ4n) is 2.95. The summed E-state index contributed by atoms with van der Waals surface area (Å²) in [6.07, 6.45) is 2.66. The van der Waals surface area contributed by atoms with Gasteiger partial charge in [-0.25, -0.2) is 0 Å². The molecular weight excluding hydrogens is 332 g/mol. The first-order chi connectivity index (χ1) is 12.5. The highest BCUT2D eigenvalue weighted by molar-refractivity contribution is 5.91. The molecule has 0 N–H and O–H groups in total. The van der Waals surface area contributed by atoms with Crippen molar-refractivity contribution in [2.24, 2.45) is 0 Å². The number of rotatable bonds is 5. The third-order valence-electron chi connectivity index (χ3n) is 4.14. The van der Waals surface area contributed by atoms with E-state index in [1.54, 1.807) is 18.2 Å². The number of hydrogen-bond acceptors (Lipinski definition) is 5. The van der Waals surface area contributed by atoms with Crippen molar-refractivity contribution >= 4 is 17.3 Å². The zero-order valence-electron chi connectivity index (χ0n) is 14.6. The lowest BCUT2D eigenvalue weighted by atomic mass is 10.0. The predicted molar refractivity (Wildman–Crippen MR) is 98.0 cm³/mol. The van der Waals surface area contributed by atoms with Crippen LogP contribution < -0.4 is 9.47 Å². The third-order valence-corrected chi connectivity index (χ3v) is 4.14. The zero-order chi connectivity index (χ0) is 18.7. The molecule has 0 amide bonds. The van der Waals surface area contributed by atoms with Crippen LogP contribution in [0.25, 0.3) is 11.6 Å². The number of nitrogens with zero attached hydrogens (tertiary/aromatic N) is 2. The van der Waals surface area contributed by atoms with E-state index in [2.05, 4.69) is 6.07 Å². The lowest BCUT2D eigenvalue weighted by Crippen LogP contribution is -2.05. The van der Waals surface area contributed by atoms with Crippen molar-refractivity contribution in [1.29, 1.82) is 5.26 Å². The molecule has 0 spiro atoms. The number of benzene rings is 2. The zero-order valence-corrected chi connectivity index (χ0v) is 14.6. The molecule has 0 aromatic heterocycles. The Morgan fingerprint density at radius 2 is 2.15 bits per heavy atom. The van der Waals surface area contributed by atoms with Crippen molar-refractivity contribution in [2.45, 2.75) is 26.4 Å². The van der Waals surface area contributed by atoms with Crippen LogP contribution in [-0.4, -0.2) is 17.6 Å². The highest BCUT2D eigenvalue weighted by Gasteiger charge is 2.21. The number of non-ortho nitro benzene ring substituents is 1. The van der Waals surface area contributed by atoms with Crippen molar-refractivity contribution in [3.05, 3.63) is 63.2 Å². The number of hydrogen-bond donors (Lipinski definition) is 0. The Hall–Kier alpha value is -3.33. The van der Waals surface area contributed by atoms with E-state index >= 15 is 0 Å². The number of nitriles is 1. The Labute approximate surface area is 151 Å². The SMILES string of the molecule is CCOc1cc2c(cc1/C=C(/C#N)c1ccc([N+](=O)[O-])cc1)OC(C)C2. The van der Waals surface area contributed by atoms with Crippen LogP contribution in [0.1, 0.15) is 30.5 Å². The number of allylic oxidation sites excluding steroid dienone is 1. The summed E-state index contributed by atoms with van der Waals surface area (Å²) < 4.78 is 11.5. The molecule has 6 nitrogen and oxygen atoms in total. The first kappa shape index (κ1) is 17.5. The first-order valence-corrected chi connectivity index (χ1v) is 8.34. The topological polar surface area (TPSA) is 85.4 Å². The Balaban J connectivity index is 2.02. The molecule has 2 aromatic carbocycles. The minimum absolute atomic E-state index is 0.0130. The van der Waals surface area contributed by atoms with Gasteiger partial charge in [0.25, 0.3) is 5.69 Å². The van der Waals surface area contributed by atoms with Crippen molar-refractivity contribution in [1.82, 2.24) is 0 Å². The van der Waals surface area contributed by atoms with Crippen LogP contribution in [-0.2, 0) is 6.42 Å². The van der Waals surface area contributed by atoms with E-state index in [9.17, 15) is 15.4 Å². The maximum absolute atomic E-state index is 10.8. The van der Waals surface area contributed by atoms with Crippen LogP contribution in [0.5, 0.6) is 11.5 Å². The van der Waals surface area contributed by atoms with Gasteiger partial charge in [-0.1, -0.05) is 0 Å². The van der Waals surface area contributed by atoms with Crippen LogP contribution in [0.2, 0.25) is 0 Å². The summed E-state index contributed by atoms with van der Waals surface area (Å²) in [6.45, 7) is 4.42. The summed E-state index contributed by atoms with van der Waals surface area (Å²) >= 11 is 0. The summed E-state index contributed by atoms with van der Waals surface area (Å²) in [6, 6.07) is 11.9. The fourth-order valence-corrected chi connectivity index (χ4v) is 2.95. The van der Waals surface area contributed by atoms with E-state index in [-0.39, 0.29) is 11.8 Å². The minimum Gasteiger partial charge on any atom is -0.493 e. The van der Waals surface area contributed by atoms with E-state index in [1.165, 1.54) is 12.1 Å². The van der Waals surface area contributed by atoms with E-state index in [1.807, 2.05) is 26.0 Å². The van der Waals surface area contributed by atoms with Gasteiger partial charge in [0, 0.05) is 29.7 Å². The lowest BCUT2D eigenvalue weighted by molar-refractivity contribution is -0.384. The normalized spacial score (nSPS) is 15.7. The summed E-state index contributed by atoms with van der Waals surface area (Å²) in [7, 11) is 0. The molecule has 1 aliphatic rings. The van der Waals surface area contributed by atoms with Crippen LogP contribution in [0.15, 0.2) is 36.4 Å². The number of ether oxygens (including phenoxy) is 2. The number of nitro benzene ring substituents is 1. The number of nitro groups is 1. The second-order valence-corrected chi connectivity index (χ2v) is 6.04. The minimum atomic E-state index is -0.467. The second kappa shape index (κ2) is 7.28. The molecule has 132 valence electrons. The summed E-state index contributed by atoms with van der Waals surface area (Å²) in [5.41, 5.74) is 2.82. The van der Waals surface area contributed by atoms with E-state index in [0.29, 0.717) is 23.5 Å².